The summed E-state index contributed by atoms with van der Waals surface area (Å²) in [4.78, 5) is 29.2. The molecule has 1 aliphatic heterocycles. The first-order chi connectivity index (χ1) is 15.4. The highest BCUT2D eigenvalue weighted by Gasteiger charge is 2.40. The van der Waals surface area contributed by atoms with Crippen LogP contribution in [0.3, 0.4) is 0 Å². The van der Waals surface area contributed by atoms with Crippen molar-refractivity contribution in [2.45, 2.75) is 25.2 Å². The van der Waals surface area contributed by atoms with E-state index in [9.17, 15) is 9.59 Å². The van der Waals surface area contributed by atoms with E-state index < -0.39 is 11.8 Å². The molecule has 0 bridgehead atoms. The van der Waals surface area contributed by atoms with E-state index in [2.05, 4.69) is 5.32 Å². The van der Waals surface area contributed by atoms with E-state index >= 15 is 0 Å². The zero-order valence-corrected chi connectivity index (χ0v) is 19.8. The molecule has 1 heterocycles. The van der Waals surface area contributed by atoms with Gasteiger partial charge in [-0.3, -0.25) is 9.59 Å². The predicted molar refractivity (Wildman–Crippen MR) is 132 cm³/mol. The molecule has 0 atom stereocenters. The first kappa shape index (κ1) is 22.5. The molecule has 0 radical (unpaired) electrons. The van der Waals surface area contributed by atoms with Gasteiger partial charge in [-0.15, -0.1) is 0 Å². The van der Waals surface area contributed by atoms with Gasteiger partial charge in [-0.1, -0.05) is 77.8 Å². The fourth-order valence-corrected chi connectivity index (χ4v) is 4.60. The number of anilines is 2. The van der Waals surface area contributed by atoms with E-state index in [-0.39, 0.29) is 10.7 Å². The lowest BCUT2D eigenvalue weighted by Gasteiger charge is -2.16. The molecule has 3 aromatic carbocycles. The van der Waals surface area contributed by atoms with Gasteiger partial charge in [-0.05, 0) is 55.3 Å². The van der Waals surface area contributed by atoms with E-state index in [1.54, 1.807) is 12.1 Å². The first-order valence-corrected chi connectivity index (χ1v) is 11.6. The fourth-order valence-electron chi connectivity index (χ4n) is 3.38. The number of para-hydroxylation sites is 1. The molecule has 2 amide bonds. The molecule has 4 nitrogen and oxygen atoms in total. The Morgan fingerprint density at radius 3 is 2.31 bits per heavy atom. The number of carbonyl (C=O) groups excluding carboxylic acids is 2. The molecule has 32 heavy (non-hydrogen) atoms. The molecule has 0 aliphatic carbocycles. The summed E-state index contributed by atoms with van der Waals surface area (Å²) in [6.45, 7) is 4.04. The van der Waals surface area contributed by atoms with Crippen molar-refractivity contribution in [2.24, 2.45) is 0 Å². The SMILES string of the molecule is CCc1ccccc1NC1=C(Sc2ccc(C)cc2)C(=O)N(c2ccc(Cl)c(Cl)c2)C1=O. The average molecular weight is 483 g/mol. The highest BCUT2D eigenvalue weighted by Crippen LogP contribution is 2.39. The molecule has 0 spiro atoms. The van der Waals surface area contributed by atoms with Crippen LogP contribution in [0.2, 0.25) is 10.0 Å². The van der Waals surface area contributed by atoms with Crippen LogP contribution in [0.15, 0.2) is 82.2 Å². The topological polar surface area (TPSA) is 49.4 Å². The van der Waals surface area contributed by atoms with E-state index in [1.807, 2.05) is 62.4 Å². The van der Waals surface area contributed by atoms with Crippen LogP contribution in [0, 0.1) is 6.92 Å². The maximum atomic E-state index is 13.5. The van der Waals surface area contributed by atoms with Crippen molar-refractivity contribution >= 4 is 58.2 Å². The van der Waals surface area contributed by atoms with Crippen molar-refractivity contribution in [3.8, 4) is 0 Å². The zero-order chi connectivity index (χ0) is 22.8. The summed E-state index contributed by atoms with van der Waals surface area (Å²) in [5, 5.41) is 3.86. The van der Waals surface area contributed by atoms with E-state index in [4.69, 9.17) is 23.2 Å². The van der Waals surface area contributed by atoms with E-state index in [0.29, 0.717) is 15.6 Å². The molecule has 1 aliphatic rings. The van der Waals surface area contributed by atoms with Crippen LogP contribution in [0.1, 0.15) is 18.1 Å². The number of amides is 2. The van der Waals surface area contributed by atoms with Crippen molar-refractivity contribution in [1.29, 1.82) is 0 Å². The molecule has 162 valence electrons. The first-order valence-electron chi connectivity index (χ1n) is 10.1. The van der Waals surface area contributed by atoms with Crippen LogP contribution in [-0.4, -0.2) is 11.8 Å². The predicted octanol–water partition coefficient (Wildman–Crippen LogP) is 6.85. The minimum Gasteiger partial charge on any atom is -0.350 e. The Morgan fingerprint density at radius 2 is 1.62 bits per heavy atom. The van der Waals surface area contributed by atoms with Gasteiger partial charge in [-0.2, -0.15) is 0 Å². The second kappa shape index (κ2) is 9.41. The number of hydrogen-bond acceptors (Lipinski definition) is 4. The standard InChI is InChI=1S/C25H20Cl2N2O2S/c1-3-16-6-4-5-7-21(16)28-22-23(32-18-11-8-15(2)9-12-18)25(31)29(24(22)30)17-10-13-19(26)20(27)14-17/h4-14,28H,3H2,1-2H3. The summed E-state index contributed by atoms with van der Waals surface area (Å²) >= 11 is 13.5. The molecule has 1 N–H and O–H groups in total. The molecular weight excluding hydrogens is 463 g/mol. The third-order valence-electron chi connectivity index (χ3n) is 5.10. The molecular formula is C25H20Cl2N2O2S. The van der Waals surface area contributed by atoms with Gasteiger partial charge in [0.05, 0.1) is 15.7 Å². The van der Waals surface area contributed by atoms with Crippen LogP contribution in [0.5, 0.6) is 0 Å². The molecule has 0 unspecified atom stereocenters. The van der Waals surface area contributed by atoms with Crippen molar-refractivity contribution in [2.75, 3.05) is 10.2 Å². The lowest BCUT2D eigenvalue weighted by molar-refractivity contribution is -0.120. The Labute approximate surface area is 201 Å². The van der Waals surface area contributed by atoms with Gasteiger partial charge in [0, 0.05) is 10.6 Å². The second-order valence-electron chi connectivity index (χ2n) is 7.30. The van der Waals surface area contributed by atoms with Crippen LogP contribution in [0.4, 0.5) is 11.4 Å². The van der Waals surface area contributed by atoms with Crippen LogP contribution < -0.4 is 10.2 Å². The number of hydrogen-bond donors (Lipinski definition) is 1. The fraction of sp³-hybridized carbons (Fsp3) is 0.120. The summed E-state index contributed by atoms with van der Waals surface area (Å²) in [7, 11) is 0. The number of thioether (sulfide) groups is 1. The second-order valence-corrected chi connectivity index (χ2v) is 9.20. The molecule has 4 rings (SSSR count). The maximum Gasteiger partial charge on any atom is 0.283 e. The number of rotatable bonds is 6. The average Bonchev–Trinajstić information content (AvgIpc) is 3.01. The van der Waals surface area contributed by atoms with Crippen molar-refractivity contribution in [1.82, 2.24) is 0 Å². The summed E-state index contributed by atoms with van der Waals surface area (Å²) in [6.07, 6.45) is 0.787. The summed E-state index contributed by atoms with van der Waals surface area (Å²) in [5.74, 6) is -0.843. The minimum atomic E-state index is -0.436. The highest BCUT2D eigenvalue weighted by molar-refractivity contribution is 8.04. The Bertz CT molecular complexity index is 1240. The number of halogens is 2. The number of nitrogens with one attached hydrogen (secondary N) is 1. The van der Waals surface area contributed by atoms with Crippen LogP contribution in [0.25, 0.3) is 0 Å². The molecule has 0 saturated carbocycles. The monoisotopic (exact) mass is 482 g/mol. The smallest absolute Gasteiger partial charge is 0.283 e. The number of benzene rings is 3. The van der Waals surface area contributed by atoms with Gasteiger partial charge in [-0.25, -0.2) is 4.90 Å². The Morgan fingerprint density at radius 1 is 0.906 bits per heavy atom. The Balaban J connectivity index is 1.77. The van der Waals surface area contributed by atoms with Gasteiger partial charge in [0.25, 0.3) is 11.8 Å². The summed E-state index contributed by atoms with van der Waals surface area (Å²) in [5.41, 5.74) is 3.58. The van der Waals surface area contributed by atoms with Crippen molar-refractivity contribution in [3.05, 3.63) is 98.5 Å². The van der Waals surface area contributed by atoms with Gasteiger partial charge in [0.2, 0.25) is 0 Å². The third kappa shape index (κ3) is 4.42. The number of imide groups is 1. The summed E-state index contributed by atoms with van der Waals surface area (Å²) in [6, 6.07) is 20.3. The van der Waals surface area contributed by atoms with Gasteiger partial charge in [0.1, 0.15) is 10.6 Å². The molecule has 0 aromatic heterocycles. The van der Waals surface area contributed by atoms with Gasteiger partial charge >= 0.3 is 0 Å². The number of aryl methyl sites for hydroxylation is 2. The molecule has 7 heteroatoms. The minimum absolute atomic E-state index is 0.243. The molecule has 3 aromatic rings. The summed E-state index contributed by atoms with van der Waals surface area (Å²) < 4.78 is 0. The lowest BCUT2D eigenvalue weighted by atomic mass is 10.1. The number of nitrogens with zero attached hydrogens (tertiary/aromatic N) is 1. The van der Waals surface area contributed by atoms with E-state index in [0.717, 1.165) is 33.0 Å². The normalized spacial score (nSPS) is 13.8. The number of carbonyl (C=O) groups is 2. The van der Waals surface area contributed by atoms with Gasteiger partial charge in [0.15, 0.2) is 0 Å². The molecule has 0 saturated heterocycles. The lowest BCUT2D eigenvalue weighted by Crippen LogP contribution is -2.32. The molecule has 0 fully saturated rings. The van der Waals surface area contributed by atoms with Crippen molar-refractivity contribution in [3.63, 3.8) is 0 Å². The van der Waals surface area contributed by atoms with Gasteiger partial charge < -0.3 is 5.32 Å². The Hall–Kier alpha value is -2.73. The van der Waals surface area contributed by atoms with Crippen LogP contribution in [-0.2, 0) is 16.0 Å². The zero-order valence-electron chi connectivity index (χ0n) is 17.5. The maximum absolute atomic E-state index is 13.5. The largest absolute Gasteiger partial charge is 0.350 e. The van der Waals surface area contributed by atoms with Crippen LogP contribution >= 0.6 is 35.0 Å². The third-order valence-corrected chi connectivity index (χ3v) is 6.93. The Kier molecular flexibility index (Phi) is 6.60. The highest BCUT2D eigenvalue weighted by atomic mass is 35.5. The quantitative estimate of drug-likeness (QED) is 0.390. The van der Waals surface area contributed by atoms with E-state index in [1.165, 1.54) is 17.8 Å². The van der Waals surface area contributed by atoms with Crippen molar-refractivity contribution < 1.29 is 9.59 Å².